The summed E-state index contributed by atoms with van der Waals surface area (Å²) in [6, 6.07) is 15.8. The standard InChI is InChI=1S/C21H26O3/c1-2-20(23)24-19-12-8-17(9-13-19)21(14-4-3-5-15-21)16-6-10-18(22)11-7-16/h6-13,20,22-23H,2-5,14-15H2,1H3. The molecule has 1 fully saturated rings. The molecule has 0 amide bonds. The van der Waals surface area contributed by atoms with Crippen LogP contribution in [0, 0.1) is 0 Å². The van der Waals surface area contributed by atoms with E-state index in [1.165, 1.54) is 30.4 Å². The number of hydrogen-bond acceptors (Lipinski definition) is 3. The molecule has 0 heterocycles. The lowest BCUT2D eigenvalue weighted by atomic mass is 9.65. The Morgan fingerprint density at radius 2 is 1.46 bits per heavy atom. The summed E-state index contributed by atoms with van der Waals surface area (Å²) in [5.41, 5.74) is 2.56. The monoisotopic (exact) mass is 326 g/mol. The molecule has 1 saturated carbocycles. The van der Waals surface area contributed by atoms with Crippen molar-refractivity contribution in [2.24, 2.45) is 0 Å². The average Bonchev–Trinajstić information content (AvgIpc) is 2.63. The first-order valence-electron chi connectivity index (χ1n) is 8.89. The van der Waals surface area contributed by atoms with Gasteiger partial charge < -0.3 is 14.9 Å². The largest absolute Gasteiger partial charge is 0.508 e. The van der Waals surface area contributed by atoms with Gasteiger partial charge in [-0.15, -0.1) is 0 Å². The molecule has 3 rings (SSSR count). The van der Waals surface area contributed by atoms with Gasteiger partial charge >= 0.3 is 0 Å². The van der Waals surface area contributed by atoms with Crippen LogP contribution < -0.4 is 4.74 Å². The van der Waals surface area contributed by atoms with Gasteiger partial charge in [-0.05, 0) is 48.2 Å². The number of aliphatic hydroxyl groups excluding tert-OH is 1. The van der Waals surface area contributed by atoms with Crippen molar-refractivity contribution in [2.75, 3.05) is 0 Å². The van der Waals surface area contributed by atoms with Gasteiger partial charge in [-0.1, -0.05) is 50.5 Å². The molecule has 2 N–H and O–H groups in total. The van der Waals surface area contributed by atoms with Crippen molar-refractivity contribution in [3.05, 3.63) is 59.7 Å². The highest BCUT2D eigenvalue weighted by Gasteiger charge is 2.35. The molecule has 1 aliphatic rings. The molecule has 0 aliphatic heterocycles. The summed E-state index contributed by atoms with van der Waals surface area (Å²) in [5, 5.41) is 19.3. The lowest BCUT2D eigenvalue weighted by molar-refractivity contribution is -0.0191. The fourth-order valence-electron chi connectivity index (χ4n) is 3.77. The summed E-state index contributed by atoms with van der Waals surface area (Å²) < 4.78 is 5.48. The molecular formula is C21H26O3. The lowest BCUT2D eigenvalue weighted by Crippen LogP contribution is -2.30. The normalized spacial score (nSPS) is 18.1. The van der Waals surface area contributed by atoms with E-state index in [9.17, 15) is 10.2 Å². The minimum absolute atomic E-state index is 0.00779. The van der Waals surface area contributed by atoms with Crippen molar-refractivity contribution in [3.63, 3.8) is 0 Å². The SMILES string of the molecule is CCC(O)Oc1ccc(C2(c3ccc(O)cc3)CCCCC2)cc1. The number of rotatable bonds is 5. The van der Waals surface area contributed by atoms with E-state index in [2.05, 4.69) is 12.1 Å². The fourth-order valence-corrected chi connectivity index (χ4v) is 3.77. The summed E-state index contributed by atoms with van der Waals surface area (Å²) in [7, 11) is 0. The number of benzene rings is 2. The quantitative estimate of drug-likeness (QED) is 0.780. The van der Waals surface area contributed by atoms with Crippen LogP contribution in [0.3, 0.4) is 0 Å². The van der Waals surface area contributed by atoms with Crippen LogP contribution in [0.15, 0.2) is 48.5 Å². The number of phenolic OH excluding ortho intramolecular Hbond substituents is 1. The number of phenols is 1. The van der Waals surface area contributed by atoms with Crippen molar-refractivity contribution in [2.45, 2.75) is 57.2 Å². The molecule has 1 aliphatic carbocycles. The van der Waals surface area contributed by atoms with Gasteiger partial charge in [0.1, 0.15) is 11.5 Å². The summed E-state index contributed by atoms with van der Waals surface area (Å²) in [6.07, 6.45) is 5.77. The zero-order chi connectivity index (χ0) is 17.0. The minimum atomic E-state index is -0.753. The fraction of sp³-hybridized carbons (Fsp3) is 0.429. The number of aromatic hydroxyl groups is 1. The summed E-state index contributed by atoms with van der Waals surface area (Å²) >= 11 is 0. The Bertz CT molecular complexity index is 640. The Labute approximate surface area is 143 Å². The molecule has 128 valence electrons. The molecule has 3 heteroatoms. The maximum absolute atomic E-state index is 9.64. The van der Waals surface area contributed by atoms with Gasteiger partial charge in [0.05, 0.1) is 0 Å². The molecule has 0 radical (unpaired) electrons. The Morgan fingerprint density at radius 1 is 0.917 bits per heavy atom. The lowest BCUT2D eigenvalue weighted by Gasteiger charge is -2.38. The van der Waals surface area contributed by atoms with Crippen LogP contribution in [0.25, 0.3) is 0 Å². The Morgan fingerprint density at radius 3 is 2.00 bits per heavy atom. The highest BCUT2D eigenvalue weighted by atomic mass is 16.6. The smallest absolute Gasteiger partial charge is 0.197 e. The van der Waals surface area contributed by atoms with Gasteiger partial charge in [-0.3, -0.25) is 0 Å². The first kappa shape index (κ1) is 16.8. The summed E-state index contributed by atoms with van der Waals surface area (Å²) in [4.78, 5) is 0. The zero-order valence-corrected chi connectivity index (χ0v) is 14.2. The maximum Gasteiger partial charge on any atom is 0.197 e. The Kier molecular flexibility index (Phi) is 5.10. The average molecular weight is 326 g/mol. The molecular weight excluding hydrogens is 300 g/mol. The van der Waals surface area contributed by atoms with Crippen LogP contribution >= 0.6 is 0 Å². The molecule has 2 aromatic carbocycles. The van der Waals surface area contributed by atoms with Crippen molar-refractivity contribution in [1.82, 2.24) is 0 Å². The second kappa shape index (κ2) is 7.27. The number of hydrogen-bond donors (Lipinski definition) is 2. The van der Waals surface area contributed by atoms with E-state index in [0.717, 1.165) is 12.8 Å². The van der Waals surface area contributed by atoms with Crippen LogP contribution in [0.2, 0.25) is 0 Å². The van der Waals surface area contributed by atoms with Crippen LogP contribution in [0.1, 0.15) is 56.6 Å². The third-order valence-corrected chi connectivity index (χ3v) is 5.16. The molecule has 0 spiro atoms. The number of aliphatic hydroxyl groups is 1. The summed E-state index contributed by atoms with van der Waals surface area (Å²) in [5.74, 6) is 1.01. The van der Waals surface area contributed by atoms with E-state index in [1.807, 2.05) is 31.2 Å². The molecule has 1 unspecified atom stereocenters. The van der Waals surface area contributed by atoms with Crippen LogP contribution in [0.4, 0.5) is 0 Å². The van der Waals surface area contributed by atoms with Crippen LogP contribution in [-0.4, -0.2) is 16.5 Å². The highest BCUT2D eigenvalue weighted by molar-refractivity contribution is 5.43. The van der Waals surface area contributed by atoms with E-state index in [1.54, 1.807) is 12.1 Å². The Hall–Kier alpha value is -2.00. The predicted octanol–water partition coefficient (Wildman–Crippen LogP) is 4.75. The second-order valence-corrected chi connectivity index (χ2v) is 6.69. The molecule has 24 heavy (non-hydrogen) atoms. The van der Waals surface area contributed by atoms with E-state index in [4.69, 9.17) is 4.74 Å². The predicted molar refractivity (Wildman–Crippen MR) is 95.3 cm³/mol. The Balaban J connectivity index is 1.93. The topological polar surface area (TPSA) is 49.7 Å². The number of ether oxygens (including phenoxy) is 1. The van der Waals surface area contributed by atoms with Gasteiger partial charge in [0.25, 0.3) is 0 Å². The third kappa shape index (κ3) is 3.41. The molecule has 2 aromatic rings. The first-order chi connectivity index (χ1) is 11.6. The van der Waals surface area contributed by atoms with Gasteiger partial charge in [0.2, 0.25) is 0 Å². The van der Waals surface area contributed by atoms with Crippen LogP contribution in [-0.2, 0) is 5.41 Å². The van der Waals surface area contributed by atoms with E-state index < -0.39 is 6.29 Å². The van der Waals surface area contributed by atoms with Gasteiger partial charge in [-0.25, -0.2) is 0 Å². The van der Waals surface area contributed by atoms with Gasteiger partial charge in [-0.2, -0.15) is 0 Å². The summed E-state index contributed by atoms with van der Waals surface area (Å²) in [6.45, 7) is 1.89. The molecule has 3 nitrogen and oxygen atoms in total. The maximum atomic E-state index is 9.64. The third-order valence-electron chi connectivity index (χ3n) is 5.16. The van der Waals surface area contributed by atoms with Crippen molar-refractivity contribution >= 4 is 0 Å². The molecule has 0 saturated heterocycles. The van der Waals surface area contributed by atoms with Gasteiger partial charge in [0, 0.05) is 11.8 Å². The molecule has 1 atom stereocenters. The van der Waals surface area contributed by atoms with Crippen LogP contribution in [0.5, 0.6) is 11.5 Å². The zero-order valence-electron chi connectivity index (χ0n) is 14.2. The van der Waals surface area contributed by atoms with Crippen molar-refractivity contribution < 1.29 is 14.9 Å². The van der Waals surface area contributed by atoms with E-state index >= 15 is 0 Å². The van der Waals surface area contributed by atoms with Gasteiger partial charge in [0.15, 0.2) is 6.29 Å². The van der Waals surface area contributed by atoms with E-state index in [0.29, 0.717) is 17.9 Å². The van der Waals surface area contributed by atoms with Crippen molar-refractivity contribution in [3.8, 4) is 11.5 Å². The molecule has 0 bridgehead atoms. The highest BCUT2D eigenvalue weighted by Crippen LogP contribution is 2.45. The first-order valence-corrected chi connectivity index (χ1v) is 8.89. The van der Waals surface area contributed by atoms with E-state index in [-0.39, 0.29) is 5.41 Å². The second-order valence-electron chi connectivity index (χ2n) is 6.69. The van der Waals surface area contributed by atoms with Crippen molar-refractivity contribution in [1.29, 1.82) is 0 Å². The minimum Gasteiger partial charge on any atom is -0.508 e. The molecule has 0 aromatic heterocycles.